The van der Waals surface area contributed by atoms with Crippen molar-refractivity contribution in [2.75, 3.05) is 0 Å². The number of benzene rings is 2. The number of nitrogens with zero attached hydrogens (tertiary/aromatic N) is 1. The van der Waals surface area contributed by atoms with Crippen LogP contribution >= 0.6 is 0 Å². The highest BCUT2D eigenvalue weighted by Gasteiger charge is 2.15. The van der Waals surface area contributed by atoms with E-state index in [0.29, 0.717) is 0 Å². The third-order valence-electron chi connectivity index (χ3n) is 3.71. The van der Waals surface area contributed by atoms with Crippen molar-refractivity contribution in [3.8, 4) is 0 Å². The average molecular weight is 246 g/mol. The van der Waals surface area contributed by atoms with Gasteiger partial charge in [-0.3, -0.25) is 4.99 Å². The zero-order valence-electron chi connectivity index (χ0n) is 10.6. The third kappa shape index (κ3) is 1.76. The Morgan fingerprint density at radius 1 is 1.00 bits per heavy atom. The highest BCUT2D eigenvalue weighted by molar-refractivity contribution is 6.05. The average Bonchev–Trinajstić information content (AvgIpc) is 3.03. The number of rotatable bonds is 2. The molecule has 0 radical (unpaired) electrons. The zero-order valence-corrected chi connectivity index (χ0v) is 10.6. The Morgan fingerprint density at radius 2 is 1.84 bits per heavy atom. The Labute approximate surface area is 111 Å². The number of H-pyrrole nitrogens is 1. The molecule has 0 amide bonds. The maximum Gasteiger partial charge on any atom is 0.0649 e. The van der Waals surface area contributed by atoms with E-state index in [1.54, 1.807) is 0 Å². The van der Waals surface area contributed by atoms with Crippen LogP contribution in [-0.2, 0) is 13.0 Å². The molecule has 19 heavy (non-hydrogen) atoms. The predicted octanol–water partition coefficient (Wildman–Crippen LogP) is 3.71. The molecule has 2 heteroatoms. The third-order valence-corrected chi connectivity index (χ3v) is 3.71. The number of fused-ring (bicyclic) bond motifs is 2. The summed E-state index contributed by atoms with van der Waals surface area (Å²) < 4.78 is 0. The van der Waals surface area contributed by atoms with Crippen molar-refractivity contribution in [1.29, 1.82) is 0 Å². The summed E-state index contributed by atoms with van der Waals surface area (Å²) in [5, 5.41) is 1.27. The van der Waals surface area contributed by atoms with Crippen LogP contribution in [0.15, 0.2) is 59.6 Å². The summed E-state index contributed by atoms with van der Waals surface area (Å²) in [6.45, 7) is 0.825. The monoisotopic (exact) mass is 246 g/mol. The first-order valence-electron chi connectivity index (χ1n) is 6.58. The summed E-state index contributed by atoms with van der Waals surface area (Å²) in [7, 11) is 0. The predicted molar refractivity (Wildman–Crippen MR) is 78.7 cm³/mol. The lowest BCUT2D eigenvalue weighted by molar-refractivity contribution is 1.10. The number of nitrogens with one attached hydrogen (secondary N) is 1. The van der Waals surface area contributed by atoms with Crippen molar-refractivity contribution in [1.82, 2.24) is 4.98 Å². The minimum atomic E-state index is 0.825. The smallest absolute Gasteiger partial charge is 0.0649 e. The second kappa shape index (κ2) is 4.09. The number of aliphatic imine (C=N–C) groups is 1. The van der Waals surface area contributed by atoms with E-state index in [4.69, 9.17) is 0 Å². The lowest BCUT2D eigenvalue weighted by atomic mass is 10.0. The zero-order chi connectivity index (χ0) is 12.7. The molecule has 0 saturated heterocycles. The van der Waals surface area contributed by atoms with Crippen LogP contribution in [0.4, 0.5) is 0 Å². The normalized spacial score (nSPS) is 13.6. The first-order chi connectivity index (χ1) is 9.40. The Morgan fingerprint density at radius 3 is 2.79 bits per heavy atom. The second-order valence-corrected chi connectivity index (χ2v) is 4.98. The molecule has 1 aliphatic heterocycles. The lowest BCUT2D eigenvalue weighted by Gasteiger charge is -2.01. The summed E-state index contributed by atoms with van der Waals surface area (Å²) in [6.07, 6.45) is 0.881. The van der Waals surface area contributed by atoms with Gasteiger partial charge in [0.05, 0.1) is 6.54 Å². The summed E-state index contributed by atoms with van der Waals surface area (Å²) >= 11 is 0. The van der Waals surface area contributed by atoms with E-state index in [9.17, 15) is 0 Å². The van der Waals surface area contributed by atoms with Gasteiger partial charge in [0.1, 0.15) is 0 Å². The lowest BCUT2D eigenvalue weighted by Crippen LogP contribution is -2.02. The molecular weight excluding hydrogens is 232 g/mol. The molecule has 1 N–H and O–H groups in total. The molecule has 0 atom stereocenters. The van der Waals surface area contributed by atoms with Gasteiger partial charge in [0, 0.05) is 28.9 Å². The molecule has 0 bridgehead atoms. The highest BCUT2D eigenvalue weighted by atomic mass is 14.8. The minimum Gasteiger partial charge on any atom is -0.358 e. The summed E-state index contributed by atoms with van der Waals surface area (Å²) in [5.74, 6) is 0. The molecule has 0 spiro atoms. The number of hydrogen-bond acceptors (Lipinski definition) is 1. The Kier molecular flexibility index (Phi) is 2.27. The van der Waals surface area contributed by atoms with E-state index in [-0.39, 0.29) is 0 Å². The first-order valence-corrected chi connectivity index (χ1v) is 6.58. The maximum absolute atomic E-state index is 4.67. The Balaban J connectivity index is 1.69. The molecule has 0 unspecified atom stereocenters. The maximum atomic E-state index is 4.67. The van der Waals surface area contributed by atoms with Crippen LogP contribution in [0.3, 0.4) is 0 Å². The van der Waals surface area contributed by atoms with Gasteiger partial charge in [-0.1, -0.05) is 42.5 Å². The molecule has 2 heterocycles. The molecule has 2 nitrogen and oxygen atoms in total. The fourth-order valence-corrected chi connectivity index (χ4v) is 2.77. The number of hydrogen-bond donors (Lipinski definition) is 1. The highest BCUT2D eigenvalue weighted by Crippen LogP contribution is 2.22. The second-order valence-electron chi connectivity index (χ2n) is 4.98. The van der Waals surface area contributed by atoms with Gasteiger partial charge in [0.15, 0.2) is 0 Å². The van der Waals surface area contributed by atoms with Crippen LogP contribution in [0.1, 0.15) is 16.8 Å². The summed E-state index contributed by atoms with van der Waals surface area (Å²) in [5.41, 5.74) is 6.28. The van der Waals surface area contributed by atoms with Crippen molar-refractivity contribution < 1.29 is 0 Å². The van der Waals surface area contributed by atoms with E-state index in [1.807, 2.05) is 0 Å². The van der Waals surface area contributed by atoms with Crippen LogP contribution in [-0.4, -0.2) is 10.7 Å². The molecule has 1 aromatic heterocycles. The van der Waals surface area contributed by atoms with Crippen LogP contribution in [0.25, 0.3) is 10.9 Å². The van der Waals surface area contributed by atoms with Crippen LogP contribution in [0.5, 0.6) is 0 Å². The van der Waals surface area contributed by atoms with Crippen molar-refractivity contribution in [3.63, 3.8) is 0 Å². The minimum absolute atomic E-state index is 0.825. The SMILES string of the molecule is c1ccc2c(c1)CN=C2Cc1cc2ccccc2[nH]1. The van der Waals surface area contributed by atoms with Crippen molar-refractivity contribution in [2.24, 2.45) is 4.99 Å². The van der Waals surface area contributed by atoms with E-state index in [0.717, 1.165) is 13.0 Å². The van der Waals surface area contributed by atoms with E-state index in [2.05, 4.69) is 64.6 Å². The summed E-state index contributed by atoms with van der Waals surface area (Å²) in [6, 6.07) is 19.1. The van der Waals surface area contributed by atoms with E-state index < -0.39 is 0 Å². The quantitative estimate of drug-likeness (QED) is 0.714. The molecule has 1 aliphatic rings. The fraction of sp³-hybridized carbons (Fsp3) is 0.118. The van der Waals surface area contributed by atoms with Crippen molar-refractivity contribution >= 4 is 16.6 Å². The number of aromatic nitrogens is 1. The summed E-state index contributed by atoms with van der Waals surface area (Å²) in [4.78, 5) is 8.14. The van der Waals surface area contributed by atoms with Crippen molar-refractivity contribution in [2.45, 2.75) is 13.0 Å². The van der Waals surface area contributed by atoms with Gasteiger partial charge in [-0.2, -0.15) is 0 Å². The van der Waals surface area contributed by atoms with Gasteiger partial charge in [-0.05, 0) is 23.1 Å². The molecule has 0 fully saturated rings. The first kappa shape index (κ1) is 10.6. The number of aromatic amines is 1. The van der Waals surface area contributed by atoms with Crippen LogP contribution < -0.4 is 0 Å². The van der Waals surface area contributed by atoms with Gasteiger partial charge >= 0.3 is 0 Å². The van der Waals surface area contributed by atoms with Crippen molar-refractivity contribution in [3.05, 3.63) is 71.4 Å². The van der Waals surface area contributed by atoms with E-state index in [1.165, 1.54) is 33.4 Å². The van der Waals surface area contributed by atoms with Crippen LogP contribution in [0, 0.1) is 0 Å². The van der Waals surface area contributed by atoms with Gasteiger partial charge in [-0.15, -0.1) is 0 Å². The Hall–Kier alpha value is -2.35. The molecule has 4 rings (SSSR count). The van der Waals surface area contributed by atoms with Crippen LogP contribution in [0.2, 0.25) is 0 Å². The van der Waals surface area contributed by atoms with Gasteiger partial charge in [-0.25, -0.2) is 0 Å². The fourth-order valence-electron chi connectivity index (χ4n) is 2.77. The topological polar surface area (TPSA) is 28.1 Å². The van der Waals surface area contributed by atoms with Gasteiger partial charge in [0.2, 0.25) is 0 Å². The van der Waals surface area contributed by atoms with E-state index >= 15 is 0 Å². The number of para-hydroxylation sites is 1. The molecular formula is C17H14N2. The van der Waals surface area contributed by atoms with Gasteiger partial charge < -0.3 is 4.98 Å². The molecule has 2 aromatic carbocycles. The molecule has 0 aliphatic carbocycles. The van der Waals surface area contributed by atoms with Gasteiger partial charge in [0.25, 0.3) is 0 Å². The molecule has 3 aromatic rings. The molecule has 92 valence electrons. The molecule has 0 saturated carbocycles. The Bertz CT molecular complexity index is 748. The largest absolute Gasteiger partial charge is 0.358 e. The standard InChI is InChI=1S/C17H14N2/c1-3-7-15-13(6-1)11-18-17(15)10-14-9-12-5-2-4-8-16(12)19-14/h1-9,19H,10-11H2.